The molecular formula is C11H11NO3. The van der Waals surface area contributed by atoms with E-state index in [0.717, 1.165) is 0 Å². The Labute approximate surface area is 87.6 Å². The minimum Gasteiger partial charge on any atom is -0.477 e. The Morgan fingerprint density at radius 3 is 2.73 bits per heavy atom. The summed E-state index contributed by atoms with van der Waals surface area (Å²) < 4.78 is 0. The molecule has 0 saturated heterocycles. The van der Waals surface area contributed by atoms with Crippen LogP contribution in [0, 0.1) is 18.8 Å². The molecular weight excluding hydrogens is 194 g/mol. The van der Waals surface area contributed by atoms with Crippen molar-refractivity contribution in [3.8, 4) is 11.8 Å². The van der Waals surface area contributed by atoms with Crippen molar-refractivity contribution in [1.82, 2.24) is 4.98 Å². The molecule has 0 saturated carbocycles. The molecule has 0 unspecified atom stereocenters. The molecule has 78 valence electrons. The number of carboxylic acid groups (broad SMARTS) is 1. The summed E-state index contributed by atoms with van der Waals surface area (Å²) in [4.78, 5) is 14.5. The third-order valence-corrected chi connectivity index (χ3v) is 1.60. The molecule has 15 heavy (non-hydrogen) atoms. The smallest absolute Gasteiger partial charge is 0.354 e. The van der Waals surface area contributed by atoms with E-state index in [-0.39, 0.29) is 5.69 Å². The van der Waals surface area contributed by atoms with Crippen molar-refractivity contribution in [2.45, 2.75) is 20.0 Å². The lowest BCUT2D eigenvalue weighted by atomic mass is 10.2. The van der Waals surface area contributed by atoms with Crippen molar-refractivity contribution in [1.29, 1.82) is 0 Å². The Hall–Kier alpha value is -1.86. The first-order valence-corrected chi connectivity index (χ1v) is 4.40. The zero-order valence-electron chi connectivity index (χ0n) is 8.48. The highest BCUT2D eigenvalue weighted by Crippen LogP contribution is 2.04. The number of carbonyl (C=O) groups is 1. The molecule has 4 heteroatoms. The molecule has 0 aliphatic heterocycles. The molecule has 0 radical (unpaired) electrons. The van der Waals surface area contributed by atoms with E-state index in [1.807, 2.05) is 0 Å². The Balaban J connectivity index is 3.11. The number of aryl methyl sites for hydroxylation is 1. The van der Waals surface area contributed by atoms with Gasteiger partial charge in [0.2, 0.25) is 0 Å². The van der Waals surface area contributed by atoms with Gasteiger partial charge in [0.25, 0.3) is 0 Å². The number of pyridine rings is 1. The van der Waals surface area contributed by atoms with Crippen LogP contribution < -0.4 is 0 Å². The van der Waals surface area contributed by atoms with E-state index in [4.69, 9.17) is 10.2 Å². The molecule has 1 rings (SSSR count). The summed E-state index contributed by atoms with van der Waals surface area (Å²) in [6, 6.07) is 3.05. The summed E-state index contributed by atoms with van der Waals surface area (Å²) in [6.07, 6.45) is -0.730. The summed E-state index contributed by atoms with van der Waals surface area (Å²) in [5, 5.41) is 17.7. The molecule has 4 nitrogen and oxygen atoms in total. The third-order valence-electron chi connectivity index (χ3n) is 1.60. The number of aliphatic hydroxyl groups excluding tert-OH is 1. The van der Waals surface area contributed by atoms with Crippen LogP contribution in [0.5, 0.6) is 0 Å². The molecule has 0 aliphatic carbocycles. The van der Waals surface area contributed by atoms with E-state index >= 15 is 0 Å². The Morgan fingerprint density at radius 1 is 1.53 bits per heavy atom. The van der Waals surface area contributed by atoms with Gasteiger partial charge in [0.1, 0.15) is 11.8 Å². The van der Waals surface area contributed by atoms with E-state index in [1.165, 1.54) is 6.07 Å². The Kier molecular flexibility index (Phi) is 3.42. The maximum Gasteiger partial charge on any atom is 0.354 e. The number of aliphatic hydroxyl groups is 1. The van der Waals surface area contributed by atoms with Crippen LogP contribution in [0.2, 0.25) is 0 Å². The fraction of sp³-hybridized carbons (Fsp3) is 0.273. The highest BCUT2D eigenvalue weighted by atomic mass is 16.4. The molecule has 0 spiro atoms. The van der Waals surface area contributed by atoms with Gasteiger partial charge in [0.05, 0.1) is 0 Å². The van der Waals surface area contributed by atoms with Crippen molar-refractivity contribution in [2.75, 3.05) is 0 Å². The number of hydrogen-bond donors (Lipinski definition) is 2. The van der Waals surface area contributed by atoms with Crippen molar-refractivity contribution in [2.24, 2.45) is 0 Å². The third kappa shape index (κ3) is 3.41. The lowest BCUT2D eigenvalue weighted by molar-refractivity contribution is 0.0690. The molecule has 1 aromatic heterocycles. The van der Waals surface area contributed by atoms with Crippen LogP contribution >= 0.6 is 0 Å². The van der Waals surface area contributed by atoms with Crippen LogP contribution in [0.1, 0.15) is 28.7 Å². The predicted octanol–water partition coefficient (Wildman–Crippen LogP) is 0.821. The predicted molar refractivity (Wildman–Crippen MR) is 54.5 cm³/mol. The van der Waals surface area contributed by atoms with Crippen LogP contribution in [0.15, 0.2) is 12.1 Å². The van der Waals surface area contributed by atoms with Gasteiger partial charge >= 0.3 is 5.97 Å². The fourth-order valence-corrected chi connectivity index (χ4v) is 1.04. The zero-order valence-corrected chi connectivity index (χ0v) is 8.48. The SMILES string of the molecule is Cc1cc(C#C[C@@H](C)O)cc(C(=O)O)n1. The van der Waals surface area contributed by atoms with Crippen LogP contribution in [0.3, 0.4) is 0 Å². The van der Waals surface area contributed by atoms with Gasteiger partial charge in [-0.2, -0.15) is 0 Å². The maximum absolute atomic E-state index is 10.7. The molecule has 0 bridgehead atoms. The topological polar surface area (TPSA) is 70.4 Å². The molecule has 1 aromatic rings. The summed E-state index contributed by atoms with van der Waals surface area (Å²) in [6.45, 7) is 3.24. The first-order chi connectivity index (χ1) is 6.99. The second kappa shape index (κ2) is 4.58. The Bertz CT molecular complexity index is 441. The van der Waals surface area contributed by atoms with E-state index < -0.39 is 12.1 Å². The van der Waals surface area contributed by atoms with Gasteiger partial charge in [-0.05, 0) is 26.0 Å². The maximum atomic E-state index is 10.7. The molecule has 0 fully saturated rings. The van der Waals surface area contributed by atoms with Crippen molar-refractivity contribution >= 4 is 5.97 Å². The summed E-state index contributed by atoms with van der Waals surface area (Å²) in [5.74, 6) is 4.13. The fourth-order valence-electron chi connectivity index (χ4n) is 1.04. The first kappa shape index (κ1) is 11.2. The van der Waals surface area contributed by atoms with Gasteiger partial charge in [-0.15, -0.1) is 0 Å². The van der Waals surface area contributed by atoms with E-state index in [9.17, 15) is 4.79 Å². The second-order valence-electron chi connectivity index (χ2n) is 3.13. The number of nitrogens with zero attached hydrogens (tertiary/aromatic N) is 1. The first-order valence-electron chi connectivity index (χ1n) is 4.40. The molecule has 1 heterocycles. The number of carboxylic acids is 1. The van der Waals surface area contributed by atoms with Crippen molar-refractivity contribution in [3.63, 3.8) is 0 Å². The normalized spacial score (nSPS) is 11.4. The number of hydrogen-bond acceptors (Lipinski definition) is 3. The second-order valence-corrected chi connectivity index (χ2v) is 3.13. The van der Waals surface area contributed by atoms with Crippen molar-refractivity contribution < 1.29 is 15.0 Å². The number of aromatic nitrogens is 1. The van der Waals surface area contributed by atoms with Crippen LogP contribution in [-0.2, 0) is 0 Å². The molecule has 0 aliphatic rings. The van der Waals surface area contributed by atoms with Gasteiger partial charge in [-0.3, -0.25) is 0 Å². The monoisotopic (exact) mass is 205 g/mol. The van der Waals surface area contributed by atoms with Gasteiger partial charge in [0, 0.05) is 11.3 Å². The zero-order chi connectivity index (χ0) is 11.4. The minimum atomic E-state index is -1.08. The number of rotatable bonds is 1. The largest absolute Gasteiger partial charge is 0.477 e. The average Bonchev–Trinajstić information content (AvgIpc) is 2.13. The molecule has 1 atom stereocenters. The minimum absolute atomic E-state index is 0.0371. The summed E-state index contributed by atoms with van der Waals surface area (Å²) in [5.41, 5.74) is 1.09. The molecule has 0 amide bonds. The van der Waals surface area contributed by atoms with Crippen molar-refractivity contribution in [3.05, 3.63) is 29.1 Å². The highest BCUT2D eigenvalue weighted by Gasteiger charge is 2.05. The summed E-state index contributed by atoms with van der Waals surface area (Å²) in [7, 11) is 0. The lowest BCUT2D eigenvalue weighted by Gasteiger charge is -1.98. The average molecular weight is 205 g/mol. The standard InChI is InChI=1S/C11H11NO3/c1-7-5-9(4-3-8(2)13)6-10(12-7)11(14)15/h5-6,8,13H,1-2H3,(H,14,15)/t8-/m1/s1. The van der Waals surface area contributed by atoms with Gasteiger partial charge in [-0.25, -0.2) is 9.78 Å². The number of aromatic carboxylic acids is 1. The summed E-state index contributed by atoms with van der Waals surface area (Å²) >= 11 is 0. The van der Waals surface area contributed by atoms with Gasteiger partial charge < -0.3 is 10.2 Å². The molecule has 0 aromatic carbocycles. The van der Waals surface area contributed by atoms with E-state index in [0.29, 0.717) is 11.3 Å². The van der Waals surface area contributed by atoms with Crippen LogP contribution in [0.25, 0.3) is 0 Å². The quantitative estimate of drug-likeness (QED) is 0.666. The van der Waals surface area contributed by atoms with E-state index in [2.05, 4.69) is 16.8 Å². The Morgan fingerprint density at radius 2 is 2.20 bits per heavy atom. The highest BCUT2D eigenvalue weighted by molar-refractivity contribution is 5.85. The van der Waals surface area contributed by atoms with E-state index in [1.54, 1.807) is 19.9 Å². The van der Waals surface area contributed by atoms with Crippen LogP contribution in [-0.4, -0.2) is 27.3 Å². The molecule has 2 N–H and O–H groups in total. The van der Waals surface area contributed by atoms with Gasteiger partial charge in [0.15, 0.2) is 0 Å². The van der Waals surface area contributed by atoms with Gasteiger partial charge in [-0.1, -0.05) is 11.8 Å². The lowest BCUT2D eigenvalue weighted by Crippen LogP contribution is -2.02. The van der Waals surface area contributed by atoms with Crippen LogP contribution in [0.4, 0.5) is 0 Å².